The molecule has 3 aliphatic rings. The van der Waals surface area contributed by atoms with Gasteiger partial charge in [-0.2, -0.15) is 0 Å². The highest BCUT2D eigenvalue weighted by Crippen LogP contribution is 2.63. The fourth-order valence-corrected chi connectivity index (χ4v) is 12.7. The normalized spacial score (nSPS) is 13.7. The third kappa shape index (κ3) is 5.53. The van der Waals surface area contributed by atoms with Crippen LogP contribution in [0.2, 0.25) is 0 Å². The Kier molecular flexibility index (Phi) is 8.78. The second-order valence-corrected chi connectivity index (χ2v) is 18.6. The monoisotopic (exact) mass is 875 g/mol. The molecular formula is C68H45N. The van der Waals surface area contributed by atoms with Crippen molar-refractivity contribution in [2.45, 2.75) is 10.8 Å². The molecule has 0 fully saturated rings. The summed E-state index contributed by atoms with van der Waals surface area (Å²) >= 11 is 0. The molecule has 322 valence electrons. The lowest BCUT2D eigenvalue weighted by Gasteiger charge is -2.37. The number of para-hydroxylation sites is 1. The van der Waals surface area contributed by atoms with E-state index in [1.54, 1.807) is 0 Å². The molecule has 11 aromatic rings. The highest BCUT2D eigenvalue weighted by atomic mass is 15.1. The van der Waals surface area contributed by atoms with Gasteiger partial charge in [-0.3, -0.25) is 0 Å². The largest absolute Gasteiger partial charge is 0.310 e. The van der Waals surface area contributed by atoms with Gasteiger partial charge < -0.3 is 4.90 Å². The molecule has 0 amide bonds. The Hall–Kier alpha value is -8.78. The van der Waals surface area contributed by atoms with E-state index >= 15 is 0 Å². The van der Waals surface area contributed by atoms with Crippen molar-refractivity contribution in [2.24, 2.45) is 0 Å². The molecule has 14 rings (SSSR count). The molecule has 0 aliphatic heterocycles. The Bertz CT molecular complexity index is 3690. The highest BCUT2D eigenvalue weighted by Gasteiger charge is 2.50. The standard InChI is InChI=1S/C68H45N/c1-4-22-46(23-5-1)51-28-16-21-39-66(51)69(49-40-42-58-56-33-14-17-35-60(56)67(64(58)44-49,47-24-6-2-7-25-47)48-26-8-3-9-27-48)50-41-43-59-57-34-15-20-38-63(57)68(65(59)45-50)61-36-18-12-31-54(61)52-29-10-11-30-53(52)55-32-13-19-37-62(55)68/h1-45H. The average Bonchev–Trinajstić information content (AvgIpc) is 3.85. The molecule has 0 N–H and O–H groups in total. The topological polar surface area (TPSA) is 3.24 Å². The van der Waals surface area contributed by atoms with E-state index in [2.05, 4.69) is 278 Å². The highest BCUT2D eigenvalue weighted by molar-refractivity contribution is 5.99. The molecule has 0 saturated carbocycles. The van der Waals surface area contributed by atoms with Gasteiger partial charge in [-0.1, -0.05) is 243 Å². The summed E-state index contributed by atoms with van der Waals surface area (Å²) < 4.78 is 0. The summed E-state index contributed by atoms with van der Waals surface area (Å²) in [6.07, 6.45) is 0. The predicted octanol–water partition coefficient (Wildman–Crippen LogP) is 17.2. The Morgan fingerprint density at radius 1 is 0.217 bits per heavy atom. The molecule has 3 aliphatic carbocycles. The van der Waals surface area contributed by atoms with Gasteiger partial charge >= 0.3 is 0 Å². The second kappa shape index (κ2) is 15.4. The van der Waals surface area contributed by atoms with Crippen LogP contribution in [0.1, 0.15) is 44.5 Å². The zero-order valence-electron chi connectivity index (χ0n) is 37.9. The SMILES string of the molecule is c1ccc(-c2ccccc2N(c2ccc3c(c2)C(c2ccccc2)(c2ccccc2)c2ccccc2-3)c2ccc3c(c2)C2(c4ccccc4-c4ccccc4-c4ccccc42)c2ccccc2-3)cc1. The Morgan fingerprint density at radius 2 is 0.536 bits per heavy atom. The van der Waals surface area contributed by atoms with Crippen LogP contribution in [0.15, 0.2) is 273 Å². The van der Waals surface area contributed by atoms with Gasteiger partial charge in [0, 0.05) is 16.9 Å². The quantitative estimate of drug-likeness (QED) is 0.161. The summed E-state index contributed by atoms with van der Waals surface area (Å²) in [6, 6.07) is 102. The molecule has 0 bridgehead atoms. The van der Waals surface area contributed by atoms with Gasteiger partial charge in [0.1, 0.15) is 0 Å². The summed E-state index contributed by atoms with van der Waals surface area (Å²) in [5.41, 5.74) is 24.9. The van der Waals surface area contributed by atoms with Gasteiger partial charge in [-0.15, -0.1) is 0 Å². The summed E-state index contributed by atoms with van der Waals surface area (Å²) in [6.45, 7) is 0. The minimum atomic E-state index is -0.617. The molecule has 69 heavy (non-hydrogen) atoms. The number of fused-ring (bicyclic) bond motifs is 15. The number of hydrogen-bond donors (Lipinski definition) is 0. The zero-order chi connectivity index (χ0) is 45.5. The van der Waals surface area contributed by atoms with E-state index in [0.717, 1.165) is 17.1 Å². The van der Waals surface area contributed by atoms with Gasteiger partial charge in [-0.05, 0) is 125 Å². The third-order valence-electron chi connectivity index (χ3n) is 15.4. The molecule has 0 atom stereocenters. The Labute approximate surface area is 403 Å². The van der Waals surface area contributed by atoms with Gasteiger partial charge in [0.25, 0.3) is 0 Å². The van der Waals surface area contributed by atoms with E-state index in [0.29, 0.717) is 0 Å². The van der Waals surface area contributed by atoms with Crippen LogP contribution >= 0.6 is 0 Å². The van der Waals surface area contributed by atoms with Crippen LogP contribution in [0, 0.1) is 0 Å². The summed E-state index contributed by atoms with van der Waals surface area (Å²) in [5.74, 6) is 0. The summed E-state index contributed by atoms with van der Waals surface area (Å²) in [7, 11) is 0. The smallest absolute Gasteiger partial charge is 0.0726 e. The van der Waals surface area contributed by atoms with Crippen molar-refractivity contribution in [1.29, 1.82) is 0 Å². The van der Waals surface area contributed by atoms with Crippen LogP contribution in [-0.4, -0.2) is 0 Å². The van der Waals surface area contributed by atoms with Gasteiger partial charge in [0.15, 0.2) is 0 Å². The number of benzene rings is 11. The number of rotatable bonds is 6. The minimum absolute atomic E-state index is 0.554. The van der Waals surface area contributed by atoms with E-state index in [-0.39, 0.29) is 0 Å². The molecule has 0 aromatic heterocycles. The van der Waals surface area contributed by atoms with E-state index in [9.17, 15) is 0 Å². The summed E-state index contributed by atoms with van der Waals surface area (Å²) in [4.78, 5) is 2.53. The molecule has 1 spiro atoms. The fourth-order valence-electron chi connectivity index (χ4n) is 12.7. The maximum absolute atomic E-state index is 2.53. The van der Waals surface area contributed by atoms with Crippen molar-refractivity contribution >= 4 is 17.1 Å². The van der Waals surface area contributed by atoms with Crippen LogP contribution < -0.4 is 4.90 Å². The molecule has 0 heterocycles. The maximum atomic E-state index is 2.53. The summed E-state index contributed by atoms with van der Waals surface area (Å²) in [5, 5.41) is 0. The van der Waals surface area contributed by atoms with Crippen LogP contribution in [0.4, 0.5) is 17.1 Å². The minimum Gasteiger partial charge on any atom is -0.310 e. The van der Waals surface area contributed by atoms with Crippen LogP contribution in [-0.2, 0) is 10.8 Å². The zero-order valence-corrected chi connectivity index (χ0v) is 37.9. The fraction of sp³-hybridized carbons (Fsp3) is 0.0294. The van der Waals surface area contributed by atoms with E-state index in [1.165, 1.54) is 100 Å². The molecule has 1 nitrogen and oxygen atoms in total. The number of anilines is 3. The molecule has 0 radical (unpaired) electrons. The van der Waals surface area contributed by atoms with E-state index in [1.807, 2.05) is 0 Å². The van der Waals surface area contributed by atoms with Crippen molar-refractivity contribution in [3.8, 4) is 55.6 Å². The lowest BCUT2D eigenvalue weighted by molar-refractivity contribution is 0.768. The number of nitrogens with zero attached hydrogens (tertiary/aromatic N) is 1. The molecule has 1 heteroatoms. The van der Waals surface area contributed by atoms with E-state index < -0.39 is 10.8 Å². The first-order valence-electron chi connectivity index (χ1n) is 24.1. The first-order chi connectivity index (χ1) is 34.3. The lowest BCUT2D eigenvalue weighted by atomic mass is 9.66. The van der Waals surface area contributed by atoms with Gasteiger partial charge in [0.05, 0.1) is 16.5 Å². The van der Waals surface area contributed by atoms with Gasteiger partial charge in [-0.25, -0.2) is 0 Å². The third-order valence-corrected chi connectivity index (χ3v) is 15.4. The van der Waals surface area contributed by atoms with Crippen LogP contribution in [0.3, 0.4) is 0 Å². The average molecular weight is 876 g/mol. The molecule has 0 unspecified atom stereocenters. The van der Waals surface area contributed by atoms with Crippen LogP contribution in [0.5, 0.6) is 0 Å². The Morgan fingerprint density at radius 3 is 1.00 bits per heavy atom. The second-order valence-electron chi connectivity index (χ2n) is 18.6. The predicted molar refractivity (Wildman–Crippen MR) is 286 cm³/mol. The van der Waals surface area contributed by atoms with E-state index in [4.69, 9.17) is 0 Å². The van der Waals surface area contributed by atoms with Crippen LogP contribution in [0.25, 0.3) is 55.6 Å². The molecule has 0 saturated heterocycles. The first kappa shape index (κ1) is 39.4. The van der Waals surface area contributed by atoms with Crippen molar-refractivity contribution < 1.29 is 0 Å². The maximum Gasteiger partial charge on any atom is 0.0726 e. The van der Waals surface area contributed by atoms with Crippen molar-refractivity contribution in [1.82, 2.24) is 0 Å². The molecule has 11 aromatic carbocycles. The van der Waals surface area contributed by atoms with Crippen molar-refractivity contribution in [2.75, 3.05) is 4.90 Å². The van der Waals surface area contributed by atoms with Gasteiger partial charge in [0.2, 0.25) is 0 Å². The van der Waals surface area contributed by atoms with Crippen molar-refractivity contribution in [3.63, 3.8) is 0 Å². The lowest BCUT2D eigenvalue weighted by Crippen LogP contribution is -2.29. The first-order valence-corrected chi connectivity index (χ1v) is 24.1. The Balaban J connectivity index is 1.08. The number of hydrogen-bond acceptors (Lipinski definition) is 1. The van der Waals surface area contributed by atoms with Crippen molar-refractivity contribution in [3.05, 3.63) is 317 Å². The molecular weight excluding hydrogens is 831 g/mol.